The number of hydrogen-bond acceptors (Lipinski definition) is 4. The molecular formula is C12H13F3N2O2. The van der Waals surface area contributed by atoms with Gasteiger partial charge in [0.25, 0.3) is 0 Å². The zero-order chi connectivity index (χ0) is 14.3. The number of carbonyl (C=O) groups excluding carboxylic acids is 1. The average Bonchev–Trinajstić information content (AvgIpc) is 3.11. The first kappa shape index (κ1) is 13.5. The summed E-state index contributed by atoms with van der Waals surface area (Å²) in [5, 5.41) is 2.43. The molecule has 19 heavy (non-hydrogen) atoms. The lowest BCUT2D eigenvalue weighted by atomic mass is 10.1. The molecule has 0 aromatic heterocycles. The Morgan fingerprint density at radius 2 is 2.05 bits per heavy atom. The van der Waals surface area contributed by atoms with Crippen molar-refractivity contribution in [3.8, 4) is 0 Å². The second-order valence-electron chi connectivity index (χ2n) is 4.50. The van der Waals surface area contributed by atoms with Crippen molar-refractivity contribution in [1.29, 1.82) is 0 Å². The highest BCUT2D eigenvalue weighted by atomic mass is 19.4. The van der Waals surface area contributed by atoms with Crippen LogP contribution < -0.4 is 11.1 Å². The summed E-state index contributed by atoms with van der Waals surface area (Å²) in [5.74, 6) is -0.682. The van der Waals surface area contributed by atoms with Gasteiger partial charge in [0.1, 0.15) is 5.54 Å². The van der Waals surface area contributed by atoms with Crippen molar-refractivity contribution in [2.75, 3.05) is 18.2 Å². The molecule has 1 saturated carbocycles. The van der Waals surface area contributed by atoms with E-state index in [1.54, 1.807) is 0 Å². The molecule has 1 fully saturated rings. The third-order valence-electron chi connectivity index (χ3n) is 3.13. The van der Waals surface area contributed by atoms with Crippen LogP contribution in [0.25, 0.3) is 0 Å². The molecule has 0 atom stereocenters. The number of nitrogen functional groups attached to an aromatic ring is 1. The Hall–Kier alpha value is -1.92. The summed E-state index contributed by atoms with van der Waals surface area (Å²) in [4.78, 5) is 11.4. The molecule has 4 nitrogen and oxygen atoms in total. The molecular weight excluding hydrogens is 261 g/mol. The van der Waals surface area contributed by atoms with E-state index in [4.69, 9.17) is 5.73 Å². The molecule has 7 heteroatoms. The minimum atomic E-state index is -4.32. The van der Waals surface area contributed by atoms with Crippen LogP contribution in [0.1, 0.15) is 23.2 Å². The van der Waals surface area contributed by atoms with E-state index in [0.717, 1.165) is 0 Å². The standard InChI is InChI=1S/C12H13F3N2O2/c1-19-10(18)8-6-7(2-3-9(8)16)17-11(4-5-11)12(13,14)15/h2-3,6,17H,4-5,16H2,1H3. The van der Waals surface area contributed by atoms with Crippen molar-refractivity contribution in [3.63, 3.8) is 0 Å². The molecule has 1 aliphatic rings. The van der Waals surface area contributed by atoms with Gasteiger partial charge in [0.05, 0.1) is 12.7 Å². The average molecular weight is 274 g/mol. The largest absolute Gasteiger partial charge is 0.465 e. The normalized spacial score (nSPS) is 16.8. The number of methoxy groups -OCH3 is 1. The van der Waals surface area contributed by atoms with Crippen LogP contribution in [0.15, 0.2) is 18.2 Å². The van der Waals surface area contributed by atoms with Gasteiger partial charge in [0.15, 0.2) is 0 Å². The smallest absolute Gasteiger partial charge is 0.411 e. The number of nitrogens with two attached hydrogens (primary N) is 1. The molecule has 0 unspecified atom stereocenters. The number of carbonyl (C=O) groups is 1. The molecule has 1 aromatic carbocycles. The van der Waals surface area contributed by atoms with Crippen LogP contribution >= 0.6 is 0 Å². The van der Waals surface area contributed by atoms with E-state index in [-0.39, 0.29) is 29.8 Å². The number of nitrogens with one attached hydrogen (secondary N) is 1. The van der Waals surface area contributed by atoms with Crippen LogP contribution in [0, 0.1) is 0 Å². The molecule has 104 valence electrons. The van der Waals surface area contributed by atoms with E-state index >= 15 is 0 Å². The van der Waals surface area contributed by atoms with Crippen molar-refractivity contribution >= 4 is 17.3 Å². The second kappa shape index (κ2) is 4.32. The maximum absolute atomic E-state index is 12.8. The molecule has 0 saturated heterocycles. The van der Waals surface area contributed by atoms with Crippen molar-refractivity contribution in [2.24, 2.45) is 0 Å². The van der Waals surface area contributed by atoms with Gasteiger partial charge in [0.2, 0.25) is 0 Å². The van der Waals surface area contributed by atoms with E-state index in [2.05, 4.69) is 10.1 Å². The fourth-order valence-corrected chi connectivity index (χ4v) is 1.80. The maximum atomic E-state index is 12.8. The highest BCUT2D eigenvalue weighted by molar-refractivity contribution is 5.96. The Bertz CT molecular complexity index is 510. The third-order valence-corrected chi connectivity index (χ3v) is 3.13. The molecule has 0 spiro atoms. The van der Waals surface area contributed by atoms with Crippen LogP contribution in [-0.4, -0.2) is 24.8 Å². The first-order valence-corrected chi connectivity index (χ1v) is 5.62. The Morgan fingerprint density at radius 3 is 2.53 bits per heavy atom. The molecule has 1 aromatic rings. The number of ether oxygens (including phenoxy) is 1. The predicted octanol–water partition coefficient (Wildman–Crippen LogP) is 2.56. The minimum Gasteiger partial charge on any atom is -0.465 e. The number of hydrogen-bond donors (Lipinski definition) is 2. The van der Waals surface area contributed by atoms with Crippen LogP contribution in [0.2, 0.25) is 0 Å². The van der Waals surface area contributed by atoms with Crippen molar-refractivity contribution in [2.45, 2.75) is 24.6 Å². The minimum absolute atomic E-state index is 0.0223. The quantitative estimate of drug-likeness (QED) is 0.656. The predicted molar refractivity (Wildman–Crippen MR) is 63.8 cm³/mol. The molecule has 0 amide bonds. The van der Waals surface area contributed by atoms with Gasteiger partial charge in [-0.2, -0.15) is 13.2 Å². The zero-order valence-corrected chi connectivity index (χ0v) is 10.2. The number of alkyl halides is 3. The second-order valence-corrected chi connectivity index (χ2v) is 4.50. The molecule has 2 rings (SSSR count). The highest BCUT2D eigenvalue weighted by Crippen LogP contribution is 2.51. The van der Waals surface area contributed by atoms with E-state index in [9.17, 15) is 18.0 Å². The Kier molecular flexibility index (Phi) is 3.07. The maximum Gasteiger partial charge on any atom is 0.411 e. The van der Waals surface area contributed by atoms with E-state index in [0.29, 0.717) is 0 Å². The number of esters is 1. The van der Waals surface area contributed by atoms with Crippen LogP contribution in [-0.2, 0) is 4.74 Å². The van der Waals surface area contributed by atoms with Crippen molar-refractivity contribution < 1.29 is 22.7 Å². The highest BCUT2D eigenvalue weighted by Gasteiger charge is 2.63. The van der Waals surface area contributed by atoms with Crippen molar-refractivity contribution in [3.05, 3.63) is 23.8 Å². The summed E-state index contributed by atoms with van der Waals surface area (Å²) in [5.41, 5.74) is 4.11. The molecule has 0 aliphatic heterocycles. The Morgan fingerprint density at radius 1 is 1.42 bits per heavy atom. The molecule has 3 N–H and O–H groups in total. The molecule has 1 aliphatic carbocycles. The summed E-state index contributed by atoms with van der Waals surface area (Å²) in [6.45, 7) is 0. The lowest BCUT2D eigenvalue weighted by molar-refractivity contribution is -0.151. The zero-order valence-electron chi connectivity index (χ0n) is 10.2. The summed E-state index contributed by atoms with van der Waals surface area (Å²) in [7, 11) is 1.18. The fraction of sp³-hybridized carbons (Fsp3) is 0.417. The van der Waals surface area contributed by atoms with Gasteiger partial charge >= 0.3 is 12.1 Å². The molecule has 0 bridgehead atoms. The number of halogens is 3. The summed E-state index contributed by atoms with van der Waals surface area (Å²) >= 11 is 0. The SMILES string of the molecule is COC(=O)c1cc(NC2(C(F)(F)F)CC2)ccc1N. The Labute approximate surface area is 107 Å². The van der Waals surface area contributed by atoms with E-state index < -0.39 is 17.7 Å². The van der Waals surface area contributed by atoms with Gasteiger partial charge in [-0.3, -0.25) is 0 Å². The van der Waals surface area contributed by atoms with E-state index in [1.807, 2.05) is 0 Å². The first-order valence-electron chi connectivity index (χ1n) is 5.62. The first-order chi connectivity index (χ1) is 8.79. The number of anilines is 2. The fourth-order valence-electron chi connectivity index (χ4n) is 1.80. The lowest BCUT2D eigenvalue weighted by Crippen LogP contribution is -2.38. The van der Waals surface area contributed by atoms with Gasteiger partial charge < -0.3 is 15.8 Å². The van der Waals surface area contributed by atoms with Crippen LogP contribution in [0.5, 0.6) is 0 Å². The van der Waals surface area contributed by atoms with Crippen LogP contribution in [0.4, 0.5) is 24.5 Å². The third kappa shape index (κ3) is 2.45. The van der Waals surface area contributed by atoms with Crippen LogP contribution in [0.3, 0.4) is 0 Å². The number of benzene rings is 1. The van der Waals surface area contributed by atoms with Gasteiger partial charge in [-0.1, -0.05) is 0 Å². The summed E-state index contributed by atoms with van der Waals surface area (Å²) in [6, 6.07) is 4.06. The van der Waals surface area contributed by atoms with Gasteiger partial charge in [-0.25, -0.2) is 4.79 Å². The van der Waals surface area contributed by atoms with E-state index in [1.165, 1.54) is 25.3 Å². The van der Waals surface area contributed by atoms with Gasteiger partial charge in [-0.15, -0.1) is 0 Å². The van der Waals surface area contributed by atoms with Gasteiger partial charge in [-0.05, 0) is 31.0 Å². The van der Waals surface area contributed by atoms with Gasteiger partial charge in [0, 0.05) is 11.4 Å². The molecule has 0 radical (unpaired) electrons. The monoisotopic (exact) mass is 274 g/mol. The molecule has 0 heterocycles. The summed E-state index contributed by atoms with van der Waals surface area (Å²) < 4.78 is 42.9. The lowest BCUT2D eigenvalue weighted by Gasteiger charge is -2.22. The topological polar surface area (TPSA) is 64.3 Å². The van der Waals surface area contributed by atoms with Crippen molar-refractivity contribution in [1.82, 2.24) is 0 Å². The Balaban J connectivity index is 2.26. The number of rotatable bonds is 3. The summed E-state index contributed by atoms with van der Waals surface area (Å²) in [6.07, 6.45) is -4.28.